The molecular weight excluding hydrogens is 410 g/mol. The topological polar surface area (TPSA) is 55.5 Å². The molecule has 1 aliphatic carbocycles. The van der Waals surface area contributed by atoms with Crippen molar-refractivity contribution in [2.75, 3.05) is 6.61 Å². The molecule has 0 bridgehead atoms. The molecule has 1 heterocycles. The summed E-state index contributed by atoms with van der Waals surface area (Å²) >= 11 is 5.91. The number of nitrogens with zero attached hydrogens (tertiary/aromatic N) is 1. The molecule has 0 aliphatic heterocycles. The van der Waals surface area contributed by atoms with Crippen molar-refractivity contribution in [3.63, 3.8) is 0 Å². The number of aryl methyl sites for hydroxylation is 1. The standard InChI is InChI=1S/C26H30ClNO3/c27-23-15-13-20(14-16-23)19-30-17-7-12-24-18-28-25(31-24)26(29,21-8-3-1-4-9-21)22-10-5-2-6-11-22/h1,3-4,8-9,13-16,18,22,29H,2,5-7,10-12,17,19H2. The van der Waals surface area contributed by atoms with E-state index in [1.165, 1.54) is 6.42 Å². The first-order valence-electron chi connectivity index (χ1n) is 11.2. The number of hydrogen-bond donors (Lipinski definition) is 1. The molecule has 1 aliphatic rings. The Kier molecular flexibility index (Phi) is 7.44. The molecule has 4 rings (SSSR count). The lowest BCUT2D eigenvalue weighted by Gasteiger charge is -2.36. The van der Waals surface area contributed by atoms with Gasteiger partial charge in [-0.25, -0.2) is 4.98 Å². The summed E-state index contributed by atoms with van der Waals surface area (Å²) in [6.45, 7) is 1.19. The molecule has 1 N–H and O–H groups in total. The molecule has 3 aromatic rings. The molecule has 31 heavy (non-hydrogen) atoms. The Morgan fingerprint density at radius 3 is 2.52 bits per heavy atom. The fourth-order valence-corrected chi connectivity index (χ4v) is 4.59. The van der Waals surface area contributed by atoms with E-state index >= 15 is 0 Å². The quantitative estimate of drug-likeness (QED) is 0.398. The summed E-state index contributed by atoms with van der Waals surface area (Å²) in [5, 5.41) is 12.6. The Morgan fingerprint density at radius 1 is 1.03 bits per heavy atom. The van der Waals surface area contributed by atoms with Gasteiger partial charge >= 0.3 is 0 Å². The van der Waals surface area contributed by atoms with Gasteiger partial charge < -0.3 is 14.3 Å². The van der Waals surface area contributed by atoms with E-state index in [1.807, 2.05) is 54.6 Å². The summed E-state index contributed by atoms with van der Waals surface area (Å²) in [5.74, 6) is 1.33. The monoisotopic (exact) mass is 439 g/mol. The average molecular weight is 440 g/mol. The van der Waals surface area contributed by atoms with E-state index in [0.29, 0.717) is 19.1 Å². The molecule has 0 spiro atoms. The minimum absolute atomic E-state index is 0.123. The van der Waals surface area contributed by atoms with E-state index in [0.717, 1.165) is 60.4 Å². The highest BCUT2D eigenvalue weighted by molar-refractivity contribution is 6.30. The molecular formula is C26H30ClNO3. The van der Waals surface area contributed by atoms with Crippen molar-refractivity contribution in [3.05, 3.63) is 88.6 Å². The van der Waals surface area contributed by atoms with E-state index in [-0.39, 0.29) is 5.92 Å². The van der Waals surface area contributed by atoms with E-state index < -0.39 is 5.60 Å². The lowest BCUT2D eigenvalue weighted by Crippen LogP contribution is -2.38. The highest BCUT2D eigenvalue weighted by atomic mass is 35.5. The second-order valence-corrected chi connectivity index (χ2v) is 8.82. The number of rotatable bonds is 9. The molecule has 4 nitrogen and oxygen atoms in total. The van der Waals surface area contributed by atoms with Crippen molar-refractivity contribution in [2.24, 2.45) is 5.92 Å². The van der Waals surface area contributed by atoms with Crippen molar-refractivity contribution in [3.8, 4) is 0 Å². The van der Waals surface area contributed by atoms with Gasteiger partial charge in [-0.1, -0.05) is 73.3 Å². The third-order valence-electron chi connectivity index (χ3n) is 6.18. The Morgan fingerprint density at radius 2 is 1.77 bits per heavy atom. The number of oxazole rings is 1. The third-order valence-corrected chi connectivity index (χ3v) is 6.44. The molecule has 1 atom stereocenters. The smallest absolute Gasteiger partial charge is 0.231 e. The Balaban J connectivity index is 1.37. The maximum atomic E-state index is 11.9. The van der Waals surface area contributed by atoms with Crippen LogP contribution in [0.1, 0.15) is 61.3 Å². The number of aromatic nitrogens is 1. The maximum absolute atomic E-state index is 11.9. The van der Waals surface area contributed by atoms with Gasteiger partial charge in [0.15, 0.2) is 5.60 Å². The van der Waals surface area contributed by atoms with Gasteiger partial charge in [0.25, 0.3) is 0 Å². The van der Waals surface area contributed by atoms with E-state index in [1.54, 1.807) is 6.20 Å². The Bertz CT molecular complexity index is 935. The zero-order valence-electron chi connectivity index (χ0n) is 17.8. The Hall–Kier alpha value is -2.14. The van der Waals surface area contributed by atoms with E-state index in [4.69, 9.17) is 20.8 Å². The van der Waals surface area contributed by atoms with Gasteiger partial charge in [-0.3, -0.25) is 0 Å². The van der Waals surface area contributed by atoms with Crippen LogP contribution in [0.2, 0.25) is 5.02 Å². The zero-order chi connectivity index (χ0) is 21.5. The molecule has 0 radical (unpaired) electrons. The average Bonchev–Trinajstić information content (AvgIpc) is 3.30. The van der Waals surface area contributed by atoms with Crippen LogP contribution in [0, 0.1) is 5.92 Å². The number of aliphatic hydroxyl groups is 1. The van der Waals surface area contributed by atoms with Gasteiger partial charge in [0.2, 0.25) is 5.89 Å². The minimum atomic E-state index is -1.18. The summed E-state index contributed by atoms with van der Waals surface area (Å²) in [5.41, 5.74) is 0.790. The molecule has 0 saturated heterocycles. The second-order valence-electron chi connectivity index (χ2n) is 8.38. The van der Waals surface area contributed by atoms with Crippen LogP contribution < -0.4 is 0 Å². The van der Waals surface area contributed by atoms with E-state index in [9.17, 15) is 5.11 Å². The third kappa shape index (κ3) is 5.38. The molecule has 5 heteroatoms. The fraction of sp³-hybridized carbons (Fsp3) is 0.423. The van der Waals surface area contributed by atoms with Crippen LogP contribution in [0.15, 0.2) is 65.2 Å². The SMILES string of the molecule is OC(c1ccccc1)(c1ncc(CCCOCc2ccc(Cl)cc2)o1)C1CCCCC1. The summed E-state index contributed by atoms with van der Waals surface area (Å²) in [6, 6.07) is 17.5. The Labute approximate surface area is 189 Å². The van der Waals surface area contributed by atoms with Crippen molar-refractivity contribution in [2.45, 2.75) is 57.2 Å². The first-order chi connectivity index (χ1) is 15.2. The van der Waals surface area contributed by atoms with Crippen LogP contribution in [0.25, 0.3) is 0 Å². The summed E-state index contributed by atoms with van der Waals surface area (Å²) < 4.78 is 11.9. The van der Waals surface area contributed by atoms with Gasteiger partial charge in [0.1, 0.15) is 5.76 Å². The molecule has 164 valence electrons. The number of hydrogen-bond acceptors (Lipinski definition) is 4. The molecule has 2 aromatic carbocycles. The van der Waals surface area contributed by atoms with Crippen molar-refractivity contribution >= 4 is 11.6 Å². The van der Waals surface area contributed by atoms with Gasteiger partial charge in [-0.05, 0) is 42.5 Å². The van der Waals surface area contributed by atoms with Gasteiger partial charge in [0, 0.05) is 24.0 Å². The van der Waals surface area contributed by atoms with Crippen LogP contribution in [0.4, 0.5) is 0 Å². The van der Waals surface area contributed by atoms with Crippen LogP contribution >= 0.6 is 11.6 Å². The molecule has 0 amide bonds. The van der Waals surface area contributed by atoms with Gasteiger partial charge in [-0.15, -0.1) is 0 Å². The zero-order valence-corrected chi connectivity index (χ0v) is 18.6. The predicted molar refractivity (Wildman–Crippen MR) is 122 cm³/mol. The van der Waals surface area contributed by atoms with Gasteiger partial charge in [-0.2, -0.15) is 0 Å². The fourth-order valence-electron chi connectivity index (χ4n) is 4.46. The van der Waals surface area contributed by atoms with E-state index in [2.05, 4.69) is 4.98 Å². The largest absolute Gasteiger partial charge is 0.442 e. The highest BCUT2D eigenvalue weighted by Crippen LogP contribution is 2.43. The van der Waals surface area contributed by atoms with Crippen LogP contribution in [0.3, 0.4) is 0 Å². The molecule has 1 aromatic heterocycles. The summed E-state index contributed by atoms with van der Waals surface area (Å²) in [4.78, 5) is 4.52. The maximum Gasteiger partial charge on any atom is 0.231 e. The normalized spacial score (nSPS) is 16.8. The minimum Gasteiger partial charge on any atom is -0.442 e. The first kappa shape index (κ1) is 22.1. The van der Waals surface area contributed by atoms with Crippen LogP contribution in [0.5, 0.6) is 0 Å². The van der Waals surface area contributed by atoms with Crippen molar-refractivity contribution < 1.29 is 14.3 Å². The second kappa shape index (κ2) is 10.4. The molecule has 1 fully saturated rings. The number of benzene rings is 2. The van der Waals surface area contributed by atoms with Crippen molar-refractivity contribution in [1.29, 1.82) is 0 Å². The number of ether oxygens (including phenoxy) is 1. The van der Waals surface area contributed by atoms with Gasteiger partial charge in [0.05, 0.1) is 12.8 Å². The lowest BCUT2D eigenvalue weighted by atomic mass is 9.73. The van der Waals surface area contributed by atoms with Crippen LogP contribution in [-0.4, -0.2) is 16.7 Å². The highest BCUT2D eigenvalue weighted by Gasteiger charge is 2.44. The predicted octanol–water partition coefficient (Wildman–Crippen LogP) is 6.29. The van der Waals surface area contributed by atoms with Crippen LogP contribution in [-0.2, 0) is 23.4 Å². The summed E-state index contributed by atoms with van der Waals surface area (Å²) in [7, 11) is 0. The first-order valence-corrected chi connectivity index (χ1v) is 11.6. The molecule has 1 saturated carbocycles. The molecule has 1 unspecified atom stereocenters. The summed E-state index contributed by atoms with van der Waals surface area (Å²) in [6.07, 6.45) is 8.79. The van der Waals surface area contributed by atoms with Crippen molar-refractivity contribution in [1.82, 2.24) is 4.98 Å². The number of halogens is 1. The lowest BCUT2D eigenvalue weighted by molar-refractivity contribution is -0.0239.